The molecule has 0 unspecified atom stereocenters. The predicted molar refractivity (Wildman–Crippen MR) is 95.5 cm³/mol. The predicted octanol–water partition coefficient (Wildman–Crippen LogP) is 3.50. The standard InChI is InChI=1S/C18H28NO3S/c1-5-19(6-2,7-3)12-13-22-18(21)17-10-8-16(9-11-17)14-23-15(4)20/h8-11H,5-7,12-14H2,1-4H3/q+1. The van der Waals surface area contributed by atoms with Gasteiger partial charge in [-0.1, -0.05) is 23.9 Å². The van der Waals surface area contributed by atoms with Gasteiger partial charge in [-0.15, -0.1) is 0 Å². The Morgan fingerprint density at radius 1 is 1.04 bits per heavy atom. The number of hydrogen-bond acceptors (Lipinski definition) is 4. The van der Waals surface area contributed by atoms with Crippen LogP contribution in [0.15, 0.2) is 24.3 Å². The van der Waals surface area contributed by atoms with Crippen LogP contribution in [0.5, 0.6) is 0 Å². The van der Waals surface area contributed by atoms with Gasteiger partial charge in [-0.05, 0) is 38.5 Å². The number of thioether (sulfide) groups is 1. The summed E-state index contributed by atoms with van der Waals surface area (Å²) in [6.07, 6.45) is 0. The Bertz CT molecular complexity index is 501. The molecule has 0 N–H and O–H groups in total. The molecule has 0 radical (unpaired) electrons. The molecule has 0 saturated carbocycles. The summed E-state index contributed by atoms with van der Waals surface area (Å²) in [6, 6.07) is 7.27. The molecule has 23 heavy (non-hydrogen) atoms. The van der Waals surface area contributed by atoms with E-state index in [1.165, 1.54) is 11.8 Å². The van der Waals surface area contributed by atoms with Crippen molar-refractivity contribution in [3.8, 4) is 0 Å². The Labute approximate surface area is 143 Å². The van der Waals surface area contributed by atoms with Crippen molar-refractivity contribution < 1.29 is 18.8 Å². The van der Waals surface area contributed by atoms with Crippen LogP contribution in [-0.2, 0) is 15.3 Å². The zero-order valence-corrected chi connectivity index (χ0v) is 15.4. The second-order valence-electron chi connectivity index (χ2n) is 5.63. The number of nitrogens with zero attached hydrogens (tertiary/aromatic N) is 1. The molecule has 0 fully saturated rings. The minimum absolute atomic E-state index is 0.0952. The second-order valence-corrected chi connectivity index (χ2v) is 6.78. The Balaban J connectivity index is 2.50. The monoisotopic (exact) mass is 338 g/mol. The number of quaternary nitrogens is 1. The Morgan fingerprint density at radius 3 is 2.09 bits per heavy atom. The molecule has 0 heterocycles. The first-order valence-corrected chi connectivity index (χ1v) is 9.19. The van der Waals surface area contributed by atoms with Gasteiger partial charge >= 0.3 is 5.97 Å². The highest BCUT2D eigenvalue weighted by atomic mass is 32.2. The fraction of sp³-hybridized carbons (Fsp3) is 0.556. The third kappa shape index (κ3) is 6.36. The summed E-state index contributed by atoms with van der Waals surface area (Å²) >= 11 is 1.27. The van der Waals surface area contributed by atoms with E-state index in [1.54, 1.807) is 19.1 Å². The maximum Gasteiger partial charge on any atom is 0.338 e. The molecule has 1 aromatic rings. The smallest absolute Gasteiger partial charge is 0.338 e. The summed E-state index contributed by atoms with van der Waals surface area (Å²) < 4.78 is 6.38. The van der Waals surface area contributed by atoms with Crippen LogP contribution >= 0.6 is 11.8 Å². The molecule has 0 aliphatic rings. The molecule has 0 amide bonds. The summed E-state index contributed by atoms with van der Waals surface area (Å²) in [5.41, 5.74) is 1.59. The summed E-state index contributed by atoms with van der Waals surface area (Å²) in [6.45, 7) is 12.5. The van der Waals surface area contributed by atoms with Crippen molar-refractivity contribution in [3.63, 3.8) is 0 Å². The van der Waals surface area contributed by atoms with E-state index in [0.717, 1.165) is 36.2 Å². The molecule has 0 aliphatic heterocycles. The molecule has 0 saturated heterocycles. The molecule has 1 rings (SSSR count). The molecular formula is C18H28NO3S+. The normalized spacial score (nSPS) is 11.3. The van der Waals surface area contributed by atoms with Crippen molar-refractivity contribution in [1.29, 1.82) is 0 Å². The maximum absolute atomic E-state index is 12.1. The molecular weight excluding hydrogens is 310 g/mol. The van der Waals surface area contributed by atoms with Gasteiger partial charge in [-0.2, -0.15) is 0 Å². The fourth-order valence-electron chi connectivity index (χ4n) is 2.48. The molecule has 0 aromatic heterocycles. The molecule has 0 spiro atoms. The summed E-state index contributed by atoms with van der Waals surface area (Å²) in [4.78, 5) is 23.0. The van der Waals surface area contributed by atoms with E-state index in [4.69, 9.17) is 4.74 Å². The highest BCUT2D eigenvalue weighted by molar-refractivity contribution is 8.12. The first-order chi connectivity index (χ1) is 11.0. The molecule has 5 heteroatoms. The van der Waals surface area contributed by atoms with Crippen LogP contribution in [0.2, 0.25) is 0 Å². The molecule has 0 atom stereocenters. The second kappa shape index (κ2) is 9.73. The summed E-state index contributed by atoms with van der Waals surface area (Å²) in [5, 5.41) is 0.0952. The minimum Gasteiger partial charge on any atom is -0.456 e. The van der Waals surface area contributed by atoms with E-state index in [2.05, 4.69) is 20.8 Å². The maximum atomic E-state index is 12.1. The van der Waals surface area contributed by atoms with Gasteiger partial charge in [0.2, 0.25) is 0 Å². The summed E-state index contributed by atoms with van der Waals surface area (Å²) in [5.74, 6) is 0.353. The van der Waals surface area contributed by atoms with Gasteiger partial charge in [-0.25, -0.2) is 4.79 Å². The van der Waals surface area contributed by atoms with E-state index in [-0.39, 0.29) is 11.1 Å². The molecule has 1 aromatic carbocycles. The van der Waals surface area contributed by atoms with Crippen molar-refractivity contribution in [2.24, 2.45) is 0 Å². The minimum atomic E-state index is -0.280. The number of ether oxygens (including phenoxy) is 1. The van der Waals surface area contributed by atoms with E-state index in [0.29, 0.717) is 17.9 Å². The van der Waals surface area contributed by atoms with Crippen LogP contribution in [0.3, 0.4) is 0 Å². The lowest BCUT2D eigenvalue weighted by atomic mass is 10.1. The van der Waals surface area contributed by atoms with Gasteiger partial charge < -0.3 is 9.22 Å². The van der Waals surface area contributed by atoms with Gasteiger partial charge in [0.05, 0.1) is 25.2 Å². The lowest BCUT2D eigenvalue weighted by Gasteiger charge is -2.35. The third-order valence-corrected chi connectivity index (χ3v) is 5.33. The van der Waals surface area contributed by atoms with Gasteiger partial charge in [0.1, 0.15) is 13.2 Å². The Hall–Kier alpha value is -1.33. The van der Waals surface area contributed by atoms with Crippen LogP contribution in [-0.4, -0.2) is 48.4 Å². The number of rotatable bonds is 9. The van der Waals surface area contributed by atoms with Crippen LogP contribution in [0, 0.1) is 0 Å². The highest BCUT2D eigenvalue weighted by Crippen LogP contribution is 2.14. The Kier molecular flexibility index (Phi) is 8.34. The fourth-order valence-corrected chi connectivity index (χ4v) is 3.04. The van der Waals surface area contributed by atoms with Crippen molar-refractivity contribution in [1.82, 2.24) is 0 Å². The van der Waals surface area contributed by atoms with Crippen molar-refractivity contribution in [2.75, 3.05) is 32.8 Å². The van der Waals surface area contributed by atoms with E-state index in [9.17, 15) is 9.59 Å². The first kappa shape index (κ1) is 19.7. The topological polar surface area (TPSA) is 43.4 Å². The number of carbonyl (C=O) groups is 2. The largest absolute Gasteiger partial charge is 0.456 e. The van der Waals surface area contributed by atoms with Gasteiger partial charge in [0.25, 0.3) is 0 Å². The van der Waals surface area contributed by atoms with Crippen LogP contribution in [0.4, 0.5) is 0 Å². The van der Waals surface area contributed by atoms with Crippen molar-refractivity contribution in [2.45, 2.75) is 33.4 Å². The zero-order chi connectivity index (χ0) is 17.3. The SMILES string of the molecule is CC[N+](CC)(CC)CCOC(=O)c1ccc(CSC(C)=O)cc1. The number of likely N-dealkylation sites (N-methyl/N-ethyl adjacent to an activating group) is 1. The van der Waals surface area contributed by atoms with E-state index >= 15 is 0 Å². The highest BCUT2D eigenvalue weighted by Gasteiger charge is 2.21. The third-order valence-electron chi connectivity index (χ3n) is 4.44. The summed E-state index contributed by atoms with van der Waals surface area (Å²) in [7, 11) is 0. The zero-order valence-electron chi connectivity index (χ0n) is 14.6. The number of benzene rings is 1. The lowest BCUT2D eigenvalue weighted by Crippen LogP contribution is -2.49. The molecule has 0 aliphatic carbocycles. The van der Waals surface area contributed by atoms with Crippen LogP contribution in [0.25, 0.3) is 0 Å². The van der Waals surface area contributed by atoms with Gasteiger partial charge in [0, 0.05) is 12.7 Å². The molecule has 4 nitrogen and oxygen atoms in total. The van der Waals surface area contributed by atoms with Crippen LogP contribution in [0.1, 0.15) is 43.6 Å². The first-order valence-electron chi connectivity index (χ1n) is 8.20. The van der Waals surface area contributed by atoms with E-state index in [1.807, 2.05) is 12.1 Å². The van der Waals surface area contributed by atoms with Gasteiger partial charge in [-0.3, -0.25) is 4.79 Å². The average Bonchev–Trinajstić information content (AvgIpc) is 2.57. The van der Waals surface area contributed by atoms with Crippen molar-refractivity contribution >= 4 is 22.8 Å². The van der Waals surface area contributed by atoms with Crippen molar-refractivity contribution in [3.05, 3.63) is 35.4 Å². The quantitative estimate of drug-likeness (QED) is 0.510. The average molecular weight is 338 g/mol. The lowest BCUT2D eigenvalue weighted by molar-refractivity contribution is -0.923. The van der Waals surface area contributed by atoms with Crippen LogP contribution < -0.4 is 0 Å². The number of carbonyl (C=O) groups excluding carboxylic acids is 2. The number of esters is 1. The molecule has 0 bridgehead atoms. The van der Waals surface area contributed by atoms with E-state index < -0.39 is 0 Å². The Morgan fingerprint density at radius 2 is 1.61 bits per heavy atom. The van der Waals surface area contributed by atoms with Gasteiger partial charge in [0.15, 0.2) is 5.12 Å². The number of hydrogen-bond donors (Lipinski definition) is 0. The molecule has 128 valence electrons.